The Morgan fingerprint density at radius 2 is 1.95 bits per heavy atom. The van der Waals surface area contributed by atoms with Gasteiger partial charge in [0.05, 0.1) is 26.0 Å². The van der Waals surface area contributed by atoms with Crippen molar-refractivity contribution in [1.29, 1.82) is 0 Å². The molecule has 198 valence electrons. The van der Waals surface area contributed by atoms with Gasteiger partial charge in [0.1, 0.15) is 5.76 Å². The van der Waals surface area contributed by atoms with Crippen LogP contribution in [0.1, 0.15) is 47.5 Å². The molecule has 10 heteroatoms. The van der Waals surface area contributed by atoms with Gasteiger partial charge in [0, 0.05) is 43.4 Å². The van der Waals surface area contributed by atoms with Crippen molar-refractivity contribution in [2.75, 3.05) is 27.0 Å². The summed E-state index contributed by atoms with van der Waals surface area (Å²) in [5, 5.41) is 10.7. The number of methoxy groups -OCH3 is 1. The minimum Gasteiger partial charge on any atom is -0.502 e. The van der Waals surface area contributed by atoms with Crippen molar-refractivity contribution in [3.8, 4) is 17.2 Å². The number of hydrogen-bond donors (Lipinski definition) is 1. The first-order valence-corrected chi connectivity index (χ1v) is 12.6. The molecule has 3 atom stereocenters. The van der Waals surface area contributed by atoms with E-state index in [1.807, 2.05) is 10.6 Å². The van der Waals surface area contributed by atoms with Crippen LogP contribution in [0.15, 0.2) is 56.5 Å². The van der Waals surface area contributed by atoms with Crippen molar-refractivity contribution in [3.05, 3.63) is 85.8 Å². The molecule has 1 fully saturated rings. The van der Waals surface area contributed by atoms with E-state index in [-0.39, 0.29) is 30.5 Å². The number of pyridine rings is 1. The average Bonchev–Trinajstić information content (AvgIpc) is 3.38. The van der Waals surface area contributed by atoms with E-state index in [4.69, 9.17) is 18.6 Å². The van der Waals surface area contributed by atoms with Crippen molar-refractivity contribution in [3.63, 3.8) is 0 Å². The highest BCUT2D eigenvalue weighted by Gasteiger charge is 2.35. The standard InChI is InChI=1S/C28H28N2O8/c1-35-26(33)10-20(17-5-6-23-24(8-17)37-15-36-23)28-27(34)22(31)9-19(38-28)14-29-11-16-7-18(13-29)21-3-2-4-25(32)30(21)12-16/h2-6,8-9,16,18,20,34H,7,10-15H2,1H3/t16-,18+,20-/m0/s1. The van der Waals surface area contributed by atoms with Gasteiger partial charge < -0.3 is 28.3 Å². The van der Waals surface area contributed by atoms with Gasteiger partial charge in [0.15, 0.2) is 17.3 Å². The summed E-state index contributed by atoms with van der Waals surface area (Å²) in [5.41, 5.74) is 1.10. The smallest absolute Gasteiger partial charge is 0.306 e. The Morgan fingerprint density at radius 1 is 1.11 bits per heavy atom. The maximum Gasteiger partial charge on any atom is 0.306 e. The van der Waals surface area contributed by atoms with Gasteiger partial charge >= 0.3 is 5.97 Å². The van der Waals surface area contributed by atoms with E-state index in [0.717, 1.165) is 18.7 Å². The second kappa shape index (κ2) is 9.68. The number of aromatic hydroxyl groups is 1. The largest absolute Gasteiger partial charge is 0.502 e. The Bertz CT molecular complexity index is 1510. The fourth-order valence-electron chi connectivity index (χ4n) is 5.96. The lowest BCUT2D eigenvalue weighted by atomic mass is 9.83. The lowest BCUT2D eigenvalue weighted by Crippen LogP contribution is -2.46. The Hall–Kier alpha value is -4.05. The normalized spacial score (nSPS) is 20.6. The summed E-state index contributed by atoms with van der Waals surface area (Å²) < 4.78 is 23.8. The zero-order valence-corrected chi connectivity index (χ0v) is 20.9. The monoisotopic (exact) mass is 520 g/mol. The molecule has 2 bridgehead atoms. The molecule has 0 radical (unpaired) electrons. The van der Waals surface area contributed by atoms with Gasteiger partial charge in [-0.05, 0) is 36.1 Å². The van der Waals surface area contributed by atoms with Crippen molar-refractivity contribution >= 4 is 5.97 Å². The van der Waals surface area contributed by atoms with Gasteiger partial charge in [-0.3, -0.25) is 19.3 Å². The van der Waals surface area contributed by atoms with E-state index in [2.05, 4.69) is 4.90 Å². The molecular weight excluding hydrogens is 492 g/mol. The molecule has 1 saturated heterocycles. The number of carbonyl (C=O) groups excluding carboxylic acids is 1. The molecule has 10 nitrogen and oxygen atoms in total. The summed E-state index contributed by atoms with van der Waals surface area (Å²) in [6.07, 6.45) is 0.867. The first-order valence-electron chi connectivity index (χ1n) is 12.6. The minimum atomic E-state index is -0.774. The Kier molecular flexibility index (Phi) is 6.19. The summed E-state index contributed by atoms with van der Waals surface area (Å²) >= 11 is 0. The molecule has 38 heavy (non-hydrogen) atoms. The Labute approximate surface area is 218 Å². The third-order valence-corrected chi connectivity index (χ3v) is 7.65. The number of rotatable bonds is 6. The molecule has 1 N–H and O–H groups in total. The van der Waals surface area contributed by atoms with E-state index in [9.17, 15) is 19.5 Å². The number of esters is 1. The predicted molar refractivity (Wildman–Crippen MR) is 135 cm³/mol. The lowest BCUT2D eigenvalue weighted by Gasteiger charge is -2.42. The van der Waals surface area contributed by atoms with Gasteiger partial charge in [0.25, 0.3) is 5.56 Å². The molecule has 3 aromatic rings. The molecule has 0 amide bonds. The van der Waals surface area contributed by atoms with Crippen LogP contribution in [0.4, 0.5) is 0 Å². The number of aromatic nitrogens is 1. The highest BCUT2D eigenvalue weighted by molar-refractivity contribution is 5.71. The van der Waals surface area contributed by atoms with Gasteiger partial charge in [-0.1, -0.05) is 12.1 Å². The molecule has 3 aliphatic heterocycles. The van der Waals surface area contributed by atoms with Crippen LogP contribution in [0.3, 0.4) is 0 Å². The highest BCUT2D eigenvalue weighted by Crippen LogP contribution is 2.40. The molecule has 3 aliphatic rings. The first kappa shape index (κ1) is 24.3. The van der Waals surface area contributed by atoms with Gasteiger partial charge in [-0.2, -0.15) is 0 Å². The number of piperidine rings is 1. The molecule has 0 saturated carbocycles. The van der Waals surface area contributed by atoms with Gasteiger partial charge in [-0.25, -0.2) is 0 Å². The predicted octanol–water partition coefficient (Wildman–Crippen LogP) is 2.55. The lowest BCUT2D eigenvalue weighted by molar-refractivity contribution is -0.140. The molecular formula is C28H28N2O8. The van der Waals surface area contributed by atoms with E-state index >= 15 is 0 Å². The maximum absolute atomic E-state index is 12.9. The fraction of sp³-hybridized carbons (Fsp3) is 0.393. The van der Waals surface area contributed by atoms with E-state index < -0.39 is 23.1 Å². The zero-order valence-electron chi connectivity index (χ0n) is 20.9. The molecule has 0 spiro atoms. The van der Waals surface area contributed by atoms with Crippen LogP contribution < -0.4 is 20.5 Å². The average molecular weight is 521 g/mol. The number of nitrogens with zero attached hydrogens (tertiary/aromatic N) is 2. The molecule has 0 unspecified atom stereocenters. The number of carbonyl (C=O) groups is 1. The van der Waals surface area contributed by atoms with Crippen LogP contribution in [0, 0.1) is 5.92 Å². The van der Waals surface area contributed by atoms with Crippen molar-refractivity contribution in [2.45, 2.75) is 37.8 Å². The second-order valence-electron chi connectivity index (χ2n) is 10.1. The molecule has 1 aromatic carbocycles. The highest BCUT2D eigenvalue weighted by atomic mass is 16.7. The SMILES string of the molecule is COC(=O)C[C@@H](c1ccc2c(c1)OCO2)c1oc(CN2C[C@@H]3C[C@H](C2)c2cccc(=O)n2C3)cc(=O)c1O. The number of benzene rings is 1. The van der Waals surface area contributed by atoms with E-state index in [1.165, 1.54) is 13.2 Å². The summed E-state index contributed by atoms with van der Waals surface area (Å²) in [5.74, 6) is 0.172. The third kappa shape index (κ3) is 4.45. The summed E-state index contributed by atoms with van der Waals surface area (Å²) in [6.45, 7) is 2.59. The quantitative estimate of drug-likeness (QED) is 0.489. The van der Waals surface area contributed by atoms with Gasteiger partial charge in [0.2, 0.25) is 18.0 Å². The van der Waals surface area contributed by atoms with Gasteiger partial charge in [-0.15, -0.1) is 0 Å². The number of likely N-dealkylation sites (tertiary alicyclic amines) is 1. The Balaban J connectivity index is 1.31. The van der Waals surface area contributed by atoms with Crippen LogP contribution in [0.2, 0.25) is 0 Å². The molecule has 6 rings (SSSR count). The summed E-state index contributed by atoms with van der Waals surface area (Å²) in [6, 6.07) is 11.9. The van der Waals surface area contributed by atoms with Crippen LogP contribution in [-0.2, 0) is 22.6 Å². The van der Waals surface area contributed by atoms with Crippen LogP contribution in [0.25, 0.3) is 0 Å². The molecule has 5 heterocycles. The van der Waals surface area contributed by atoms with Crippen LogP contribution >= 0.6 is 0 Å². The van der Waals surface area contributed by atoms with Crippen molar-refractivity contribution in [2.24, 2.45) is 5.92 Å². The third-order valence-electron chi connectivity index (χ3n) is 7.65. The minimum absolute atomic E-state index is 0.00543. The van der Waals surface area contributed by atoms with Crippen molar-refractivity contribution in [1.82, 2.24) is 9.47 Å². The number of ether oxygens (including phenoxy) is 3. The first-order chi connectivity index (χ1) is 18.4. The maximum atomic E-state index is 12.9. The van der Waals surface area contributed by atoms with Crippen LogP contribution in [0.5, 0.6) is 17.2 Å². The molecule has 2 aromatic heterocycles. The number of hydrogen-bond acceptors (Lipinski definition) is 9. The van der Waals surface area contributed by atoms with E-state index in [1.54, 1.807) is 30.3 Å². The Morgan fingerprint density at radius 3 is 2.79 bits per heavy atom. The van der Waals surface area contributed by atoms with Crippen LogP contribution in [-0.4, -0.2) is 47.5 Å². The summed E-state index contributed by atoms with van der Waals surface area (Å²) in [4.78, 5) is 39.7. The summed E-state index contributed by atoms with van der Waals surface area (Å²) in [7, 11) is 1.28. The number of fused-ring (bicyclic) bond motifs is 5. The van der Waals surface area contributed by atoms with E-state index in [0.29, 0.717) is 48.4 Å². The second-order valence-corrected chi connectivity index (χ2v) is 10.1. The zero-order chi connectivity index (χ0) is 26.4. The topological polar surface area (TPSA) is 120 Å². The molecule has 0 aliphatic carbocycles. The fourth-order valence-corrected chi connectivity index (χ4v) is 5.96. The van der Waals surface area contributed by atoms with Crippen molar-refractivity contribution < 1.29 is 28.5 Å².